The van der Waals surface area contributed by atoms with Gasteiger partial charge in [0.2, 0.25) is 5.91 Å². The Morgan fingerprint density at radius 1 is 1.06 bits per heavy atom. The van der Waals surface area contributed by atoms with E-state index in [1.165, 1.54) is 0 Å². The van der Waals surface area contributed by atoms with Gasteiger partial charge in [-0.25, -0.2) is 0 Å². The SMILES string of the molecule is COc1ccc(N/C=C(/C(=O)c2ccccc2)[C@@H]2C(=O)Nc3cc(Cl)cc(Cl)c32)cc1. The molecule has 3 aromatic rings. The van der Waals surface area contributed by atoms with Gasteiger partial charge in [-0.05, 0) is 36.4 Å². The molecular weight excluding hydrogens is 435 g/mol. The fourth-order valence-electron chi connectivity index (χ4n) is 3.50. The molecule has 0 bridgehead atoms. The van der Waals surface area contributed by atoms with Crippen LogP contribution in [0.3, 0.4) is 0 Å². The standard InChI is InChI=1S/C24H18Cl2N2O3/c1-31-17-9-7-16(8-10-17)27-13-18(23(29)14-5-3-2-4-6-14)21-22-19(26)11-15(25)12-20(22)28-24(21)30/h2-13,21,27H,1H3,(H,28,30)/b18-13+/t21-/m0/s1. The maximum atomic E-state index is 13.4. The van der Waals surface area contributed by atoms with Gasteiger partial charge in [0, 0.05) is 44.3 Å². The number of hydrogen-bond acceptors (Lipinski definition) is 4. The van der Waals surface area contributed by atoms with Gasteiger partial charge in [-0.15, -0.1) is 0 Å². The van der Waals surface area contributed by atoms with Crippen LogP contribution in [0.25, 0.3) is 0 Å². The minimum atomic E-state index is -0.877. The van der Waals surface area contributed by atoms with Gasteiger partial charge in [-0.2, -0.15) is 0 Å². The molecule has 1 aliphatic rings. The maximum absolute atomic E-state index is 13.4. The number of amides is 1. The van der Waals surface area contributed by atoms with Crippen molar-refractivity contribution in [3.63, 3.8) is 0 Å². The Hall–Kier alpha value is -3.28. The summed E-state index contributed by atoms with van der Waals surface area (Å²) in [5, 5.41) is 6.63. The highest BCUT2D eigenvalue weighted by Crippen LogP contribution is 2.44. The van der Waals surface area contributed by atoms with Gasteiger partial charge in [0.1, 0.15) is 5.75 Å². The number of carbonyl (C=O) groups excluding carboxylic acids is 2. The Balaban J connectivity index is 1.78. The summed E-state index contributed by atoms with van der Waals surface area (Å²) in [4.78, 5) is 26.3. The van der Waals surface area contributed by atoms with E-state index in [1.54, 1.807) is 61.8 Å². The third-order valence-corrected chi connectivity index (χ3v) is 5.53. The third kappa shape index (κ3) is 4.29. The first-order valence-corrected chi connectivity index (χ1v) is 10.2. The summed E-state index contributed by atoms with van der Waals surface area (Å²) in [5.74, 6) is -0.784. The molecule has 3 aromatic carbocycles. The molecule has 0 spiro atoms. The van der Waals surface area contributed by atoms with E-state index in [-0.39, 0.29) is 17.3 Å². The molecule has 0 aromatic heterocycles. The zero-order valence-electron chi connectivity index (χ0n) is 16.5. The number of Topliss-reactive ketones (excluding diaryl/α,β-unsaturated/α-hetero) is 1. The van der Waals surface area contributed by atoms with Crippen LogP contribution in [-0.2, 0) is 4.79 Å². The zero-order chi connectivity index (χ0) is 22.0. The second-order valence-corrected chi connectivity index (χ2v) is 7.78. The number of hydrogen-bond donors (Lipinski definition) is 2. The molecule has 1 atom stereocenters. The number of rotatable bonds is 6. The number of methoxy groups -OCH3 is 1. The van der Waals surface area contributed by atoms with Crippen molar-refractivity contribution < 1.29 is 14.3 Å². The minimum absolute atomic E-state index is 0.266. The van der Waals surface area contributed by atoms with Crippen molar-refractivity contribution in [3.8, 4) is 5.75 Å². The molecule has 0 saturated heterocycles. The first kappa shape index (κ1) is 21.0. The number of ketones is 1. The fourth-order valence-corrected chi connectivity index (χ4v) is 4.10. The number of anilines is 2. The van der Waals surface area contributed by atoms with Crippen LogP contribution in [0.4, 0.5) is 11.4 Å². The van der Waals surface area contributed by atoms with Crippen LogP contribution in [0.15, 0.2) is 78.5 Å². The van der Waals surface area contributed by atoms with Crippen LogP contribution < -0.4 is 15.4 Å². The summed E-state index contributed by atoms with van der Waals surface area (Å²) in [6.07, 6.45) is 1.56. The van der Waals surface area contributed by atoms with Crippen molar-refractivity contribution in [1.82, 2.24) is 0 Å². The first-order chi connectivity index (χ1) is 15.0. The highest BCUT2D eigenvalue weighted by Gasteiger charge is 2.38. The summed E-state index contributed by atoms with van der Waals surface area (Å²) >= 11 is 12.5. The first-order valence-electron chi connectivity index (χ1n) is 9.48. The summed E-state index contributed by atoms with van der Waals surface area (Å²) in [7, 11) is 1.59. The minimum Gasteiger partial charge on any atom is -0.497 e. The molecule has 1 aliphatic heterocycles. The smallest absolute Gasteiger partial charge is 0.236 e. The summed E-state index contributed by atoms with van der Waals surface area (Å²) in [6, 6.07) is 19.2. The van der Waals surface area contributed by atoms with Crippen LogP contribution in [0.1, 0.15) is 21.8 Å². The lowest BCUT2D eigenvalue weighted by Crippen LogP contribution is -2.20. The molecule has 31 heavy (non-hydrogen) atoms. The number of nitrogens with one attached hydrogen (secondary N) is 2. The van der Waals surface area contributed by atoms with E-state index in [1.807, 2.05) is 18.2 Å². The van der Waals surface area contributed by atoms with Crippen LogP contribution in [0.2, 0.25) is 10.0 Å². The number of ether oxygens (including phenoxy) is 1. The van der Waals surface area contributed by atoms with Crippen molar-refractivity contribution in [2.75, 3.05) is 17.7 Å². The number of carbonyl (C=O) groups is 2. The molecule has 0 unspecified atom stereocenters. The molecule has 0 aliphatic carbocycles. The van der Waals surface area contributed by atoms with E-state index in [0.29, 0.717) is 32.6 Å². The third-order valence-electron chi connectivity index (χ3n) is 5.00. The predicted molar refractivity (Wildman–Crippen MR) is 123 cm³/mol. The molecule has 2 N–H and O–H groups in total. The average Bonchev–Trinajstić information content (AvgIpc) is 3.10. The van der Waals surface area contributed by atoms with Crippen molar-refractivity contribution in [1.29, 1.82) is 0 Å². The highest BCUT2D eigenvalue weighted by molar-refractivity contribution is 6.37. The van der Waals surface area contributed by atoms with Gasteiger partial charge in [-0.3, -0.25) is 9.59 Å². The average molecular weight is 453 g/mol. The van der Waals surface area contributed by atoms with Gasteiger partial charge in [0.15, 0.2) is 5.78 Å². The fraction of sp³-hybridized carbons (Fsp3) is 0.0833. The zero-order valence-corrected chi connectivity index (χ0v) is 18.0. The molecule has 7 heteroatoms. The van der Waals surface area contributed by atoms with E-state index in [9.17, 15) is 9.59 Å². The molecule has 5 nitrogen and oxygen atoms in total. The Morgan fingerprint density at radius 2 is 1.77 bits per heavy atom. The van der Waals surface area contributed by atoms with Crippen molar-refractivity contribution in [3.05, 3.63) is 99.7 Å². The molecule has 0 saturated carbocycles. The number of benzene rings is 3. The molecule has 1 heterocycles. The molecule has 156 valence electrons. The molecule has 0 fully saturated rings. The van der Waals surface area contributed by atoms with E-state index >= 15 is 0 Å². The van der Waals surface area contributed by atoms with Gasteiger partial charge in [-0.1, -0.05) is 53.5 Å². The lowest BCUT2D eigenvalue weighted by atomic mass is 9.87. The van der Waals surface area contributed by atoms with Crippen molar-refractivity contribution in [2.24, 2.45) is 0 Å². The van der Waals surface area contributed by atoms with Gasteiger partial charge in [0.05, 0.1) is 13.0 Å². The molecular formula is C24H18Cl2N2O3. The second kappa shape index (κ2) is 8.84. The van der Waals surface area contributed by atoms with Crippen LogP contribution in [-0.4, -0.2) is 18.8 Å². The monoisotopic (exact) mass is 452 g/mol. The Labute approximate surface area is 189 Å². The summed E-state index contributed by atoms with van der Waals surface area (Å²) in [6.45, 7) is 0. The molecule has 0 radical (unpaired) electrons. The van der Waals surface area contributed by atoms with E-state index < -0.39 is 5.92 Å². The van der Waals surface area contributed by atoms with Crippen molar-refractivity contribution in [2.45, 2.75) is 5.92 Å². The lowest BCUT2D eigenvalue weighted by Gasteiger charge is -2.15. The van der Waals surface area contributed by atoms with Gasteiger partial charge in [0.25, 0.3) is 0 Å². The summed E-state index contributed by atoms with van der Waals surface area (Å²) in [5.41, 5.74) is 2.51. The largest absolute Gasteiger partial charge is 0.497 e. The van der Waals surface area contributed by atoms with E-state index in [4.69, 9.17) is 27.9 Å². The Morgan fingerprint density at radius 3 is 2.45 bits per heavy atom. The van der Waals surface area contributed by atoms with Crippen LogP contribution in [0.5, 0.6) is 5.75 Å². The van der Waals surface area contributed by atoms with Crippen LogP contribution in [0, 0.1) is 0 Å². The number of halogens is 2. The normalized spacial score (nSPS) is 15.3. The van der Waals surface area contributed by atoms with Gasteiger partial charge < -0.3 is 15.4 Å². The Kier molecular flexibility index (Phi) is 5.98. The lowest BCUT2D eigenvalue weighted by molar-refractivity contribution is -0.116. The second-order valence-electron chi connectivity index (χ2n) is 6.94. The highest BCUT2D eigenvalue weighted by atomic mass is 35.5. The number of fused-ring (bicyclic) bond motifs is 1. The van der Waals surface area contributed by atoms with E-state index in [2.05, 4.69) is 10.6 Å². The molecule has 1 amide bonds. The van der Waals surface area contributed by atoms with Crippen LogP contribution >= 0.6 is 23.2 Å². The summed E-state index contributed by atoms with van der Waals surface area (Å²) < 4.78 is 5.17. The quantitative estimate of drug-likeness (QED) is 0.359. The van der Waals surface area contributed by atoms with Crippen molar-refractivity contribution >= 4 is 46.3 Å². The maximum Gasteiger partial charge on any atom is 0.236 e. The van der Waals surface area contributed by atoms with E-state index in [0.717, 1.165) is 5.69 Å². The van der Waals surface area contributed by atoms with Gasteiger partial charge >= 0.3 is 0 Å². The Bertz CT molecular complexity index is 1180. The predicted octanol–water partition coefficient (Wildman–Crippen LogP) is 5.92. The topological polar surface area (TPSA) is 67.4 Å². The molecule has 4 rings (SSSR count).